The van der Waals surface area contributed by atoms with Crippen molar-refractivity contribution in [3.8, 4) is 5.75 Å². The predicted molar refractivity (Wildman–Crippen MR) is 135 cm³/mol. The van der Waals surface area contributed by atoms with Gasteiger partial charge in [0.05, 0.1) is 25.2 Å². The number of nitrogens with zero attached hydrogens (tertiary/aromatic N) is 1. The fraction of sp³-hybridized carbons (Fsp3) is 0.536. The maximum absolute atomic E-state index is 13.1. The number of aliphatic hydroxyl groups is 1. The lowest BCUT2D eigenvalue weighted by atomic mass is 9.97. The van der Waals surface area contributed by atoms with Gasteiger partial charge in [-0.15, -0.1) is 0 Å². The van der Waals surface area contributed by atoms with Gasteiger partial charge in [0.2, 0.25) is 5.91 Å². The zero-order chi connectivity index (χ0) is 23.6. The van der Waals surface area contributed by atoms with Crippen molar-refractivity contribution in [1.29, 1.82) is 0 Å². The third-order valence-electron chi connectivity index (χ3n) is 6.41. The number of rotatable bonds is 11. The van der Waals surface area contributed by atoms with E-state index in [1.165, 1.54) is 30.5 Å². The number of carbonyl (C=O) groups excluding carboxylic acids is 1. The Kier molecular flexibility index (Phi) is 9.61. The fourth-order valence-electron chi connectivity index (χ4n) is 4.69. The molecule has 5 nitrogen and oxygen atoms in total. The Balaban J connectivity index is 1.76. The first-order valence-electron chi connectivity index (χ1n) is 12.6. The van der Waals surface area contributed by atoms with Gasteiger partial charge in [-0.1, -0.05) is 50.6 Å². The van der Waals surface area contributed by atoms with Crippen molar-refractivity contribution < 1.29 is 14.6 Å². The third-order valence-corrected chi connectivity index (χ3v) is 6.41. The van der Waals surface area contributed by atoms with Gasteiger partial charge in [0.15, 0.2) is 0 Å². The molecule has 0 radical (unpaired) electrons. The summed E-state index contributed by atoms with van der Waals surface area (Å²) in [5.41, 5.74) is 4.14. The van der Waals surface area contributed by atoms with E-state index in [1.807, 2.05) is 32.0 Å². The number of ether oxygens (including phenoxy) is 1. The van der Waals surface area contributed by atoms with Crippen molar-refractivity contribution in [2.24, 2.45) is 0 Å². The molecule has 0 aliphatic carbocycles. The van der Waals surface area contributed by atoms with Crippen LogP contribution >= 0.6 is 0 Å². The molecule has 5 heteroatoms. The topological polar surface area (TPSA) is 61.8 Å². The molecule has 1 saturated heterocycles. The summed E-state index contributed by atoms with van der Waals surface area (Å²) < 4.78 is 5.76. The normalized spacial score (nSPS) is 15.7. The summed E-state index contributed by atoms with van der Waals surface area (Å²) in [7, 11) is 0. The molecule has 2 aromatic carbocycles. The Bertz CT molecular complexity index is 892. The lowest BCUT2D eigenvalue weighted by molar-refractivity contribution is -0.121. The molecule has 2 unspecified atom stereocenters. The zero-order valence-electron chi connectivity index (χ0n) is 20.5. The van der Waals surface area contributed by atoms with Crippen LogP contribution in [0.15, 0.2) is 42.5 Å². The van der Waals surface area contributed by atoms with Crippen molar-refractivity contribution in [3.63, 3.8) is 0 Å². The maximum Gasteiger partial charge on any atom is 0.224 e. The highest BCUT2D eigenvalue weighted by atomic mass is 16.5. The fourth-order valence-corrected chi connectivity index (χ4v) is 4.69. The van der Waals surface area contributed by atoms with Crippen LogP contribution < -0.4 is 15.0 Å². The molecule has 3 rings (SSSR count). The number of aliphatic hydroxyl groups excluding tert-OH is 1. The summed E-state index contributed by atoms with van der Waals surface area (Å²) in [5.74, 6) is 0.672. The van der Waals surface area contributed by atoms with E-state index in [0.717, 1.165) is 37.1 Å². The Morgan fingerprint density at radius 1 is 1.06 bits per heavy atom. The molecule has 0 aromatic heterocycles. The van der Waals surface area contributed by atoms with E-state index in [2.05, 4.69) is 41.4 Å². The van der Waals surface area contributed by atoms with E-state index in [9.17, 15) is 9.90 Å². The van der Waals surface area contributed by atoms with Crippen LogP contribution in [-0.4, -0.2) is 30.7 Å². The molecular weight excluding hydrogens is 412 g/mol. The number of benzene rings is 2. The molecule has 0 spiro atoms. The Morgan fingerprint density at radius 3 is 2.52 bits per heavy atom. The smallest absolute Gasteiger partial charge is 0.224 e. The van der Waals surface area contributed by atoms with Crippen LogP contribution in [0.4, 0.5) is 5.69 Å². The molecule has 1 heterocycles. The first-order chi connectivity index (χ1) is 16.1. The van der Waals surface area contributed by atoms with Gasteiger partial charge in [-0.3, -0.25) is 4.79 Å². The van der Waals surface area contributed by atoms with Crippen molar-refractivity contribution >= 4 is 11.6 Å². The molecular formula is C28H40N2O3. The van der Waals surface area contributed by atoms with E-state index in [-0.39, 0.29) is 18.4 Å². The standard InChI is InChI=1S/C28H40N2O3/c1-4-12-24(22-13-8-9-14-25(22)30-17-10-7-11-18-30)29-28(32)20-21-15-16-23(26(31)5-2)27(19-21)33-6-3/h8-9,13-16,19,24,26,31H,4-7,10-12,17-18,20H2,1-3H3,(H,29,32). The van der Waals surface area contributed by atoms with Gasteiger partial charge in [0, 0.05) is 24.3 Å². The summed E-state index contributed by atoms with van der Waals surface area (Å²) in [5, 5.41) is 13.6. The van der Waals surface area contributed by atoms with Crippen molar-refractivity contribution in [1.82, 2.24) is 5.32 Å². The minimum absolute atomic E-state index is 0.00632. The molecule has 0 saturated carbocycles. The second-order valence-corrected chi connectivity index (χ2v) is 8.92. The van der Waals surface area contributed by atoms with E-state index >= 15 is 0 Å². The minimum atomic E-state index is -0.561. The number of hydrogen-bond donors (Lipinski definition) is 2. The maximum atomic E-state index is 13.1. The Labute approximate surface area is 199 Å². The average molecular weight is 453 g/mol. The highest BCUT2D eigenvalue weighted by Gasteiger charge is 2.21. The molecule has 180 valence electrons. The third kappa shape index (κ3) is 6.73. The molecule has 1 aliphatic heterocycles. The van der Waals surface area contributed by atoms with Gasteiger partial charge in [-0.25, -0.2) is 0 Å². The van der Waals surface area contributed by atoms with Gasteiger partial charge < -0.3 is 20.1 Å². The molecule has 33 heavy (non-hydrogen) atoms. The Morgan fingerprint density at radius 2 is 1.82 bits per heavy atom. The molecule has 1 amide bonds. The number of anilines is 1. The van der Waals surface area contributed by atoms with Crippen LogP contribution in [0.3, 0.4) is 0 Å². The largest absolute Gasteiger partial charge is 0.493 e. The van der Waals surface area contributed by atoms with Gasteiger partial charge in [-0.2, -0.15) is 0 Å². The first-order valence-corrected chi connectivity index (χ1v) is 12.6. The van der Waals surface area contributed by atoms with Gasteiger partial charge in [0.25, 0.3) is 0 Å². The van der Waals surface area contributed by atoms with E-state index in [4.69, 9.17) is 4.74 Å². The van der Waals surface area contributed by atoms with Crippen LogP contribution in [0.25, 0.3) is 0 Å². The van der Waals surface area contributed by atoms with E-state index < -0.39 is 6.10 Å². The zero-order valence-corrected chi connectivity index (χ0v) is 20.5. The number of para-hydroxylation sites is 1. The summed E-state index contributed by atoms with van der Waals surface area (Å²) in [4.78, 5) is 15.6. The second kappa shape index (κ2) is 12.6. The van der Waals surface area contributed by atoms with E-state index in [0.29, 0.717) is 18.8 Å². The molecule has 0 bridgehead atoms. The summed E-state index contributed by atoms with van der Waals surface area (Å²) in [6.45, 7) is 8.72. The number of hydrogen-bond acceptors (Lipinski definition) is 4. The summed E-state index contributed by atoms with van der Waals surface area (Å²) >= 11 is 0. The molecule has 1 aliphatic rings. The SMILES string of the molecule is CCCC(NC(=O)Cc1ccc(C(O)CC)c(OCC)c1)c1ccccc1N1CCCCC1. The number of carbonyl (C=O) groups is 1. The second-order valence-electron chi connectivity index (χ2n) is 8.92. The van der Waals surface area contributed by atoms with Crippen LogP contribution in [-0.2, 0) is 11.2 Å². The number of amides is 1. The molecule has 2 N–H and O–H groups in total. The first kappa shape index (κ1) is 25.1. The average Bonchev–Trinajstić information content (AvgIpc) is 2.84. The van der Waals surface area contributed by atoms with Gasteiger partial charge in [-0.05, 0) is 62.3 Å². The Hall–Kier alpha value is -2.53. The minimum Gasteiger partial charge on any atom is -0.493 e. The molecule has 2 aromatic rings. The highest BCUT2D eigenvalue weighted by molar-refractivity contribution is 5.79. The number of nitrogens with one attached hydrogen (secondary N) is 1. The number of piperidine rings is 1. The highest BCUT2D eigenvalue weighted by Crippen LogP contribution is 2.32. The summed E-state index contributed by atoms with van der Waals surface area (Å²) in [6.07, 6.45) is 6.00. The van der Waals surface area contributed by atoms with Crippen LogP contribution in [0, 0.1) is 0 Å². The van der Waals surface area contributed by atoms with Crippen LogP contribution in [0.1, 0.15) is 88.1 Å². The lowest BCUT2D eigenvalue weighted by Crippen LogP contribution is -2.34. The van der Waals surface area contributed by atoms with Crippen molar-refractivity contribution in [2.45, 2.75) is 77.9 Å². The van der Waals surface area contributed by atoms with Crippen molar-refractivity contribution in [2.75, 3.05) is 24.6 Å². The molecule has 1 fully saturated rings. The molecule has 2 atom stereocenters. The van der Waals surface area contributed by atoms with Crippen LogP contribution in [0.2, 0.25) is 0 Å². The quantitative estimate of drug-likeness (QED) is 0.458. The van der Waals surface area contributed by atoms with E-state index in [1.54, 1.807) is 0 Å². The summed E-state index contributed by atoms with van der Waals surface area (Å²) in [6, 6.07) is 14.2. The van der Waals surface area contributed by atoms with Gasteiger partial charge in [0.1, 0.15) is 5.75 Å². The monoisotopic (exact) mass is 452 g/mol. The van der Waals surface area contributed by atoms with Crippen LogP contribution in [0.5, 0.6) is 5.75 Å². The predicted octanol–water partition coefficient (Wildman–Crippen LogP) is 5.72. The van der Waals surface area contributed by atoms with Crippen molar-refractivity contribution in [3.05, 3.63) is 59.2 Å². The van der Waals surface area contributed by atoms with Gasteiger partial charge >= 0.3 is 0 Å². The lowest BCUT2D eigenvalue weighted by Gasteiger charge is -2.32.